The van der Waals surface area contributed by atoms with Gasteiger partial charge < -0.3 is 9.64 Å². The molecule has 86 valence electrons. The molecule has 0 aromatic carbocycles. The third-order valence-electron chi connectivity index (χ3n) is 1.13. The molecule has 0 saturated heterocycles. The van der Waals surface area contributed by atoms with Crippen molar-refractivity contribution < 1.29 is 9.53 Å². The molecular weight excluding hydrogens is 202 g/mol. The SMILES string of the molecule is CC.CN(CCCl)C(=O)OC(C)(C)C. The van der Waals surface area contributed by atoms with Crippen molar-refractivity contribution in [2.75, 3.05) is 19.5 Å². The van der Waals surface area contributed by atoms with Crippen molar-refractivity contribution in [3.63, 3.8) is 0 Å². The molecule has 0 unspecified atom stereocenters. The summed E-state index contributed by atoms with van der Waals surface area (Å²) in [6.07, 6.45) is -0.330. The fourth-order valence-corrected chi connectivity index (χ4v) is 0.811. The van der Waals surface area contributed by atoms with Crippen LogP contribution in [0.1, 0.15) is 34.6 Å². The predicted octanol–water partition coefficient (Wildman–Crippen LogP) is 3.12. The summed E-state index contributed by atoms with van der Waals surface area (Å²) in [5, 5.41) is 0. The van der Waals surface area contributed by atoms with Crippen LogP contribution >= 0.6 is 11.6 Å². The second-order valence-electron chi connectivity index (χ2n) is 3.59. The van der Waals surface area contributed by atoms with E-state index in [2.05, 4.69) is 0 Å². The quantitative estimate of drug-likeness (QED) is 0.674. The van der Waals surface area contributed by atoms with E-state index in [9.17, 15) is 4.79 Å². The van der Waals surface area contributed by atoms with Crippen molar-refractivity contribution in [1.82, 2.24) is 4.90 Å². The maximum absolute atomic E-state index is 11.2. The number of nitrogens with zero attached hydrogens (tertiary/aromatic N) is 1. The monoisotopic (exact) mass is 223 g/mol. The van der Waals surface area contributed by atoms with Crippen LogP contribution in [0.25, 0.3) is 0 Å². The van der Waals surface area contributed by atoms with Crippen LogP contribution in [-0.4, -0.2) is 36.1 Å². The van der Waals surface area contributed by atoms with E-state index in [1.54, 1.807) is 7.05 Å². The number of carbonyl (C=O) groups excluding carboxylic acids is 1. The average Bonchev–Trinajstić information content (AvgIpc) is 2.05. The van der Waals surface area contributed by atoms with E-state index in [0.717, 1.165) is 0 Å². The third kappa shape index (κ3) is 9.65. The van der Waals surface area contributed by atoms with Crippen LogP contribution < -0.4 is 0 Å². The Balaban J connectivity index is 0. The number of alkyl halides is 1. The van der Waals surface area contributed by atoms with E-state index >= 15 is 0 Å². The lowest BCUT2D eigenvalue weighted by molar-refractivity contribution is 0.0309. The third-order valence-corrected chi connectivity index (χ3v) is 1.29. The summed E-state index contributed by atoms with van der Waals surface area (Å²) >= 11 is 5.46. The first-order valence-electron chi connectivity index (χ1n) is 4.87. The van der Waals surface area contributed by atoms with Crippen LogP contribution in [0.2, 0.25) is 0 Å². The zero-order valence-electron chi connectivity index (χ0n) is 10.1. The van der Waals surface area contributed by atoms with Gasteiger partial charge in [0.15, 0.2) is 0 Å². The van der Waals surface area contributed by atoms with E-state index < -0.39 is 5.60 Å². The Morgan fingerprint density at radius 1 is 1.36 bits per heavy atom. The van der Waals surface area contributed by atoms with Gasteiger partial charge in [-0.3, -0.25) is 0 Å². The van der Waals surface area contributed by atoms with E-state index in [-0.39, 0.29) is 6.09 Å². The topological polar surface area (TPSA) is 29.5 Å². The standard InChI is InChI=1S/C8H16ClNO2.C2H6/c1-8(2,3)12-7(11)10(4)6-5-9;1-2/h5-6H2,1-4H3;1-2H3. The minimum Gasteiger partial charge on any atom is -0.444 e. The number of hydrogen-bond acceptors (Lipinski definition) is 2. The molecule has 0 spiro atoms. The molecule has 4 heteroatoms. The maximum atomic E-state index is 11.2. The molecule has 0 aliphatic carbocycles. The van der Waals surface area contributed by atoms with Crippen molar-refractivity contribution in [3.8, 4) is 0 Å². The van der Waals surface area contributed by atoms with Gasteiger partial charge in [-0.15, -0.1) is 11.6 Å². The molecule has 3 nitrogen and oxygen atoms in total. The Bertz CT molecular complexity index is 155. The molecule has 14 heavy (non-hydrogen) atoms. The lowest BCUT2D eigenvalue weighted by atomic mass is 10.2. The fourth-order valence-electron chi connectivity index (χ4n) is 0.558. The van der Waals surface area contributed by atoms with E-state index in [4.69, 9.17) is 16.3 Å². The second-order valence-corrected chi connectivity index (χ2v) is 3.97. The van der Waals surface area contributed by atoms with Gasteiger partial charge >= 0.3 is 6.09 Å². The number of halogens is 1. The first-order chi connectivity index (χ1) is 6.37. The number of hydrogen-bond donors (Lipinski definition) is 0. The molecule has 0 saturated carbocycles. The summed E-state index contributed by atoms with van der Waals surface area (Å²) in [6, 6.07) is 0. The average molecular weight is 224 g/mol. The Morgan fingerprint density at radius 2 is 1.79 bits per heavy atom. The van der Waals surface area contributed by atoms with E-state index in [1.165, 1.54) is 4.90 Å². The smallest absolute Gasteiger partial charge is 0.410 e. The van der Waals surface area contributed by atoms with Gasteiger partial charge in [0.2, 0.25) is 0 Å². The zero-order chi connectivity index (χ0) is 11.8. The van der Waals surface area contributed by atoms with E-state index in [0.29, 0.717) is 12.4 Å². The molecule has 0 aromatic heterocycles. The normalized spacial score (nSPS) is 9.93. The number of ether oxygens (including phenoxy) is 1. The highest BCUT2D eigenvalue weighted by Gasteiger charge is 2.18. The summed E-state index contributed by atoms with van der Waals surface area (Å²) in [6.45, 7) is 10.0. The van der Waals surface area contributed by atoms with Gasteiger partial charge in [0, 0.05) is 19.5 Å². The molecule has 0 aromatic rings. The molecule has 0 N–H and O–H groups in total. The van der Waals surface area contributed by atoms with Crippen molar-refractivity contribution in [2.45, 2.75) is 40.2 Å². The molecule has 0 aliphatic heterocycles. The minimum atomic E-state index is -0.433. The van der Waals surface area contributed by atoms with E-state index in [1.807, 2.05) is 34.6 Å². The Hall–Kier alpha value is -0.440. The van der Waals surface area contributed by atoms with Crippen LogP contribution in [0, 0.1) is 0 Å². The van der Waals surface area contributed by atoms with Gasteiger partial charge in [0.05, 0.1) is 0 Å². The molecule has 0 heterocycles. The lowest BCUT2D eigenvalue weighted by Gasteiger charge is -2.23. The Kier molecular flexibility index (Phi) is 9.05. The molecule has 1 amide bonds. The van der Waals surface area contributed by atoms with Gasteiger partial charge in [0.25, 0.3) is 0 Å². The molecular formula is C10H22ClNO2. The minimum absolute atomic E-state index is 0.330. The molecule has 0 aliphatic rings. The Labute approximate surface area is 92.4 Å². The van der Waals surface area contributed by atoms with Gasteiger partial charge in [-0.2, -0.15) is 0 Å². The maximum Gasteiger partial charge on any atom is 0.410 e. The number of rotatable bonds is 2. The van der Waals surface area contributed by atoms with Crippen LogP contribution in [0.5, 0.6) is 0 Å². The van der Waals surface area contributed by atoms with Gasteiger partial charge in [-0.1, -0.05) is 13.8 Å². The van der Waals surface area contributed by atoms with Crippen molar-refractivity contribution in [3.05, 3.63) is 0 Å². The summed E-state index contributed by atoms with van der Waals surface area (Å²) < 4.78 is 5.08. The lowest BCUT2D eigenvalue weighted by Crippen LogP contribution is -2.35. The molecule has 0 radical (unpaired) electrons. The second kappa shape index (κ2) is 7.92. The number of carbonyl (C=O) groups is 1. The highest BCUT2D eigenvalue weighted by atomic mass is 35.5. The molecule has 0 bridgehead atoms. The zero-order valence-corrected chi connectivity index (χ0v) is 10.8. The summed E-state index contributed by atoms with van der Waals surface area (Å²) in [7, 11) is 1.66. The van der Waals surface area contributed by atoms with Crippen molar-refractivity contribution >= 4 is 17.7 Å². The first kappa shape index (κ1) is 16.0. The van der Waals surface area contributed by atoms with Crippen LogP contribution in [-0.2, 0) is 4.74 Å². The van der Waals surface area contributed by atoms with Crippen LogP contribution in [0.15, 0.2) is 0 Å². The first-order valence-corrected chi connectivity index (χ1v) is 5.40. The predicted molar refractivity (Wildman–Crippen MR) is 60.9 cm³/mol. The summed E-state index contributed by atoms with van der Waals surface area (Å²) in [5.41, 5.74) is -0.433. The Morgan fingerprint density at radius 3 is 2.07 bits per heavy atom. The van der Waals surface area contributed by atoms with Gasteiger partial charge in [-0.25, -0.2) is 4.79 Å². The van der Waals surface area contributed by atoms with Gasteiger partial charge in [0.1, 0.15) is 5.60 Å². The van der Waals surface area contributed by atoms with Crippen molar-refractivity contribution in [1.29, 1.82) is 0 Å². The summed E-state index contributed by atoms with van der Waals surface area (Å²) in [5.74, 6) is 0.426. The highest BCUT2D eigenvalue weighted by molar-refractivity contribution is 6.18. The van der Waals surface area contributed by atoms with Crippen LogP contribution in [0.4, 0.5) is 4.79 Å². The molecule has 0 atom stereocenters. The number of amides is 1. The summed E-state index contributed by atoms with van der Waals surface area (Å²) in [4.78, 5) is 12.7. The molecule has 0 fully saturated rings. The molecule has 0 rings (SSSR count). The van der Waals surface area contributed by atoms with Crippen molar-refractivity contribution in [2.24, 2.45) is 0 Å². The van der Waals surface area contributed by atoms with Crippen LogP contribution in [0.3, 0.4) is 0 Å². The largest absolute Gasteiger partial charge is 0.444 e. The highest BCUT2D eigenvalue weighted by Crippen LogP contribution is 2.08. The van der Waals surface area contributed by atoms with Gasteiger partial charge in [-0.05, 0) is 20.8 Å². The fraction of sp³-hybridized carbons (Fsp3) is 0.900.